The highest BCUT2D eigenvalue weighted by molar-refractivity contribution is 7.47. The van der Waals surface area contributed by atoms with Crippen molar-refractivity contribution >= 4 is 19.8 Å². The zero-order chi connectivity index (χ0) is 39.3. The maximum absolute atomic E-state index is 12.7. The van der Waals surface area contributed by atoms with Gasteiger partial charge in [-0.05, 0) is 38.5 Å². The van der Waals surface area contributed by atoms with Gasteiger partial charge in [0.25, 0.3) is 0 Å². The second kappa shape index (κ2) is 36.4. The van der Waals surface area contributed by atoms with Crippen molar-refractivity contribution in [3.63, 3.8) is 0 Å². The van der Waals surface area contributed by atoms with E-state index in [1.807, 2.05) is 21.1 Å². The Morgan fingerprint density at radius 2 is 0.962 bits per heavy atom. The number of esters is 2. The van der Waals surface area contributed by atoms with E-state index in [1.54, 1.807) is 0 Å². The molecule has 0 radical (unpaired) electrons. The van der Waals surface area contributed by atoms with Gasteiger partial charge < -0.3 is 18.9 Å². The van der Waals surface area contributed by atoms with Gasteiger partial charge in [-0.2, -0.15) is 0 Å². The van der Waals surface area contributed by atoms with Crippen molar-refractivity contribution in [2.24, 2.45) is 0 Å². The Morgan fingerprint density at radius 1 is 0.566 bits per heavy atom. The standard InChI is InChI=1S/C43H84NO8P/c1-6-8-10-12-14-16-17-18-19-20-21-22-23-24-25-26-27-28-30-32-34-36-43(46)52-41(40-51-53(47,48)50-38-37-44(3,4)5)39-49-42(45)35-33-31-29-15-13-11-9-7-2/h18-19,41H,6-17,20-40H2,1-5H3/p+1/b19-18+/t41-/m1/s1. The molecule has 0 aromatic carbocycles. The average Bonchev–Trinajstić information content (AvgIpc) is 3.10. The average molecular weight is 775 g/mol. The van der Waals surface area contributed by atoms with Gasteiger partial charge in [-0.3, -0.25) is 18.6 Å². The first-order chi connectivity index (χ1) is 25.5. The predicted molar refractivity (Wildman–Crippen MR) is 220 cm³/mol. The van der Waals surface area contributed by atoms with Crippen molar-refractivity contribution in [2.75, 3.05) is 47.5 Å². The van der Waals surface area contributed by atoms with Gasteiger partial charge in [0.15, 0.2) is 6.10 Å². The lowest BCUT2D eigenvalue weighted by Crippen LogP contribution is -2.37. The van der Waals surface area contributed by atoms with Crippen LogP contribution >= 0.6 is 7.82 Å². The third-order valence-corrected chi connectivity index (χ3v) is 10.5. The first-order valence-electron chi connectivity index (χ1n) is 21.9. The van der Waals surface area contributed by atoms with Gasteiger partial charge in [0.05, 0.1) is 27.7 Å². The zero-order valence-electron chi connectivity index (χ0n) is 35.3. The van der Waals surface area contributed by atoms with Crippen molar-refractivity contribution in [1.29, 1.82) is 0 Å². The monoisotopic (exact) mass is 775 g/mol. The smallest absolute Gasteiger partial charge is 0.462 e. The van der Waals surface area contributed by atoms with Crippen LogP contribution in [0.15, 0.2) is 12.2 Å². The molecule has 0 amide bonds. The van der Waals surface area contributed by atoms with Crippen LogP contribution in [-0.4, -0.2) is 74.9 Å². The minimum Gasteiger partial charge on any atom is -0.462 e. The highest BCUT2D eigenvalue weighted by atomic mass is 31.2. The Hall–Kier alpha value is -1.25. The Labute approximate surface area is 326 Å². The van der Waals surface area contributed by atoms with E-state index < -0.39 is 26.5 Å². The summed E-state index contributed by atoms with van der Waals surface area (Å²) < 4.78 is 34.2. The number of unbranched alkanes of at least 4 members (excludes halogenated alkanes) is 24. The van der Waals surface area contributed by atoms with Crippen LogP contribution in [-0.2, 0) is 32.7 Å². The number of quaternary nitrogens is 1. The second-order valence-electron chi connectivity index (χ2n) is 16.1. The number of phosphoric acid groups is 1. The number of carbonyl (C=O) groups excluding carboxylic acids is 2. The normalized spacial score (nSPS) is 13.7. The summed E-state index contributed by atoms with van der Waals surface area (Å²) in [6, 6.07) is 0. The van der Waals surface area contributed by atoms with Gasteiger partial charge in [-0.15, -0.1) is 0 Å². The maximum Gasteiger partial charge on any atom is 0.472 e. The molecule has 0 bridgehead atoms. The fourth-order valence-corrected chi connectivity index (χ4v) is 6.81. The minimum absolute atomic E-state index is 0.0345. The van der Waals surface area contributed by atoms with Gasteiger partial charge in [0.2, 0.25) is 0 Å². The first kappa shape index (κ1) is 51.8. The van der Waals surface area contributed by atoms with E-state index in [2.05, 4.69) is 26.0 Å². The topological polar surface area (TPSA) is 108 Å². The lowest BCUT2D eigenvalue weighted by atomic mass is 10.0. The molecular weight excluding hydrogens is 689 g/mol. The van der Waals surface area contributed by atoms with E-state index in [1.165, 1.54) is 135 Å². The van der Waals surface area contributed by atoms with E-state index in [-0.39, 0.29) is 25.6 Å². The van der Waals surface area contributed by atoms with Crippen LogP contribution in [0.5, 0.6) is 0 Å². The Kier molecular flexibility index (Phi) is 35.5. The molecule has 0 aromatic rings. The SMILES string of the molecule is CCCCCCCC/C=C/CCCCCCCCCCCCCC(=O)O[C@H](COC(=O)CCCCCCCCCC)COP(=O)(O)OCC[N+](C)(C)C. The number of hydrogen-bond donors (Lipinski definition) is 1. The summed E-state index contributed by atoms with van der Waals surface area (Å²) >= 11 is 0. The molecule has 0 heterocycles. The fourth-order valence-electron chi connectivity index (χ4n) is 6.07. The van der Waals surface area contributed by atoms with Crippen LogP contribution in [0.1, 0.15) is 200 Å². The molecule has 0 aliphatic rings. The van der Waals surface area contributed by atoms with Gasteiger partial charge in [0, 0.05) is 12.8 Å². The van der Waals surface area contributed by atoms with E-state index >= 15 is 0 Å². The molecule has 10 heteroatoms. The molecule has 0 aliphatic heterocycles. The summed E-state index contributed by atoms with van der Waals surface area (Å²) in [6.07, 6.45) is 37.0. The molecule has 1 unspecified atom stereocenters. The van der Waals surface area contributed by atoms with Crippen molar-refractivity contribution in [2.45, 2.75) is 206 Å². The molecule has 53 heavy (non-hydrogen) atoms. The molecule has 0 spiro atoms. The molecule has 0 fully saturated rings. The first-order valence-corrected chi connectivity index (χ1v) is 23.4. The molecule has 0 aliphatic carbocycles. The van der Waals surface area contributed by atoms with E-state index in [4.69, 9.17) is 18.5 Å². The molecule has 0 rings (SSSR count). The molecule has 314 valence electrons. The molecule has 2 atom stereocenters. The molecule has 1 N–H and O–H groups in total. The van der Waals surface area contributed by atoms with Crippen LogP contribution in [0.25, 0.3) is 0 Å². The summed E-state index contributed by atoms with van der Waals surface area (Å²) in [5.41, 5.74) is 0. The molecule has 9 nitrogen and oxygen atoms in total. The Bertz CT molecular complexity index is 922. The quantitative estimate of drug-likeness (QED) is 0.0215. The van der Waals surface area contributed by atoms with Crippen LogP contribution in [0.2, 0.25) is 0 Å². The molecule has 0 saturated carbocycles. The fraction of sp³-hybridized carbons (Fsp3) is 0.907. The third kappa shape index (κ3) is 40.2. The number of likely N-dealkylation sites (N-methyl/N-ethyl adjacent to an activating group) is 1. The summed E-state index contributed by atoms with van der Waals surface area (Å²) in [5.74, 6) is -0.796. The third-order valence-electron chi connectivity index (χ3n) is 9.55. The number of carbonyl (C=O) groups is 2. The number of allylic oxidation sites excluding steroid dienone is 2. The van der Waals surface area contributed by atoms with Crippen molar-refractivity contribution < 1.29 is 42.1 Å². The number of rotatable bonds is 40. The van der Waals surface area contributed by atoms with E-state index in [9.17, 15) is 19.0 Å². The summed E-state index contributed by atoms with van der Waals surface area (Å²) in [6.45, 7) is 4.40. The highest BCUT2D eigenvalue weighted by Gasteiger charge is 2.27. The largest absolute Gasteiger partial charge is 0.472 e. The van der Waals surface area contributed by atoms with Crippen LogP contribution in [0.4, 0.5) is 0 Å². The van der Waals surface area contributed by atoms with Crippen molar-refractivity contribution in [1.82, 2.24) is 0 Å². The number of nitrogens with zero attached hydrogens (tertiary/aromatic N) is 1. The minimum atomic E-state index is -4.36. The van der Waals surface area contributed by atoms with Gasteiger partial charge in [-0.25, -0.2) is 4.57 Å². The van der Waals surface area contributed by atoms with Crippen molar-refractivity contribution in [3.05, 3.63) is 12.2 Å². The predicted octanol–water partition coefficient (Wildman–Crippen LogP) is 12.2. The zero-order valence-corrected chi connectivity index (χ0v) is 36.2. The van der Waals surface area contributed by atoms with E-state index in [0.29, 0.717) is 23.9 Å². The van der Waals surface area contributed by atoms with Gasteiger partial charge in [-0.1, -0.05) is 161 Å². The molecule has 0 aromatic heterocycles. The lowest BCUT2D eigenvalue weighted by molar-refractivity contribution is -0.870. The molecular formula is C43H85NO8P+. The highest BCUT2D eigenvalue weighted by Crippen LogP contribution is 2.43. The van der Waals surface area contributed by atoms with E-state index in [0.717, 1.165) is 32.1 Å². The lowest BCUT2D eigenvalue weighted by Gasteiger charge is -2.24. The molecule has 0 saturated heterocycles. The number of phosphoric ester groups is 1. The number of hydrogen-bond acceptors (Lipinski definition) is 7. The van der Waals surface area contributed by atoms with Crippen molar-refractivity contribution in [3.8, 4) is 0 Å². The second-order valence-corrected chi connectivity index (χ2v) is 17.5. The summed E-state index contributed by atoms with van der Waals surface area (Å²) in [4.78, 5) is 35.2. The van der Waals surface area contributed by atoms with Gasteiger partial charge >= 0.3 is 19.8 Å². The summed E-state index contributed by atoms with van der Waals surface area (Å²) in [7, 11) is 1.48. The number of ether oxygens (including phenoxy) is 2. The van der Waals surface area contributed by atoms with Crippen LogP contribution in [0.3, 0.4) is 0 Å². The summed E-state index contributed by atoms with van der Waals surface area (Å²) in [5, 5.41) is 0. The maximum atomic E-state index is 12.7. The Morgan fingerprint density at radius 3 is 1.40 bits per heavy atom. The van der Waals surface area contributed by atoms with Gasteiger partial charge in [0.1, 0.15) is 19.8 Å². The Balaban J connectivity index is 4.20. The van der Waals surface area contributed by atoms with Crippen LogP contribution in [0, 0.1) is 0 Å². The van der Waals surface area contributed by atoms with Crippen LogP contribution < -0.4 is 0 Å².